The van der Waals surface area contributed by atoms with Gasteiger partial charge in [-0.25, -0.2) is 4.98 Å². The predicted octanol–water partition coefficient (Wildman–Crippen LogP) is 6.89. The van der Waals surface area contributed by atoms with E-state index < -0.39 is 34.7 Å². The zero-order valence-corrected chi connectivity index (χ0v) is 22.8. The van der Waals surface area contributed by atoms with Crippen molar-refractivity contribution in [1.82, 2.24) is 9.97 Å². The number of methoxy groups -OCH3 is 1. The Bertz CT molecular complexity index is 1580. The zero-order valence-electron chi connectivity index (χ0n) is 22.1. The fraction of sp³-hybridized carbons (Fsp3) is 0.250. The molecule has 0 spiro atoms. The molecule has 40 heavy (non-hydrogen) atoms. The Balaban J connectivity index is 1.74. The molecule has 210 valence electrons. The Morgan fingerprint density at radius 3 is 2.40 bits per heavy atom. The van der Waals surface area contributed by atoms with Gasteiger partial charge in [-0.15, -0.1) is 0 Å². The highest BCUT2D eigenvalue weighted by Gasteiger charge is 2.35. The quantitative estimate of drug-likeness (QED) is 0.184. The number of imidazole rings is 1. The molecule has 0 aliphatic heterocycles. The number of rotatable bonds is 8. The Labute approximate surface area is 233 Å². The second-order valence-electron chi connectivity index (χ2n) is 9.69. The Hall–Kier alpha value is -4.09. The Morgan fingerprint density at radius 1 is 1.00 bits per heavy atom. The van der Waals surface area contributed by atoms with Crippen molar-refractivity contribution in [1.29, 1.82) is 0 Å². The maximum Gasteiger partial charge on any atom is 0.417 e. The molecule has 0 bridgehead atoms. The normalized spacial score (nSPS) is 11.9. The van der Waals surface area contributed by atoms with Crippen LogP contribution in [0.25, 0.3) is 11.0 Å². The second-order valence-corrected chi connectivity index (χ2v) is 10.1. The number of anilines is 3. The summed E-state index contributed by atoms with van der Waals surface area (Å²) in [5.74, 6) is -1.21. The molecular weight excluding hydrogens is 547 g/mol. The highest BCUT2D eigenvalue weighted by atomic mass is 35.5. The van der Waals surface area contributed by atoms with Crippen LogP contribution in [0.4, 0.5) is 30.5 Å². The number of hydrogen-bond donors (Lipinski definition) is 4. The van der Waals surface area contributed by atoms with Gasteiger partial charge in [-0.05, 0) is 62.7 Å². The Morgan fingerprint density at radius 2 is 1.70 bits per heavy atom. The predicted molar refractivity (Wildman–Crippen MR) is 149 cm³/mol. The number of fused-ring (bicyclic) bond motifs is 1. The van der Waals surface area contributed by atoms with Crippen molar-refractivity contribution < 1.29 is 27.5 Å². The third kappa shape index (κ3) is 6.37. The van der Waals surface area contributed by atoms with Crippen LogP contribution in [-0.2, 0) is 10.9 Å². The molecule has 0 fully saturated rings. The fourth-order valence-electron chi connectivity index (χ4n) is 3.87. The van der Waals surface area contributed by atoms with Gasteiger partial charge in [0.15, 0.2) is 0 Å². The largest absolute Gasteiger partial charge is 0.417 e. The summed E-state index contributed by atoms with van der Waals surface area (Å²) in [6.45, 7) is 5.88. The molecule has 3 aromatic carbocycles. The molecule has 0 radical (unpaired) electrons. The lowest BCUT2D eigenvalue weighted by Crippen LogP contribution is -2.32. The summed E-state index contributed by atoms with van der Waals surface area (Å²) in [6, 6.07) is 12.4. The number of aromatic nitrogens is 2. The molecule has 1 heterocycles. The van der Waals surface area contributed by atoms with Crippen molar-refractivity contribution in [2.45, 2.75) is 32.5 Å². The standard InChI is InChI=1S/C28H27ClF3N5O3/c1-15-20(29)10-7-11-21(15)35-25(39)18-12-16(34-24(38)17-8-5-6-9-19(17)28(30,31)32)13-22-23(18)37-26(36-22)33-14-27(2,3)40-4/h5-13H,14H2,1-4H3,(H,34,38)(H,35,39)(H2,33,36,37). The van der Waals surface area contributed by atoms with Crippen molar-refractivity contribution in [2.24, 2.45) is 0 Å². The van der Waals surface area contributed by atoms with Gasteiger partial charge in [0.05, 0.1) is 27.8 Å². The molecule has 4 N–H and O–H groups in total. The van der Waals surface area contributed by atoms with Crippen LogP contribution < -0.4 is 16.0 Å². The molecule has 12 heteroatoms. The Kier molecular flexibility index (Phi) is 8.08. The first kappa shape index (κ1) is 28.9. The minimum atomic E-state index is -4.72. The van der Waals surface area contributed by atoms with Crippen LogP contribution in [0.1, 0.15) is 45.7 Å². The van der Waals surface area contributed by atoms with Crippen molar-refractivity contribution in [3.8, 4) is 0 Å². The van der Waals surface area contributed by atoms with Crippen LogP contribution >= 0.6 is 11.6 Å². The lowest BCUT2D eigenvalue weighted by molar-refractivity contribution is -0.137. The van der Waals surface area contributed by atoms with Gasteiger partial charge in [0, 0.05) is 30.1 Å². The van der Waals surface area contributed by atoms with Gasteiger partial charge >= 0.3 is 6.18 Å². The van der Waals surface area contributed by atoms with Crippen molar-refractivity contribution >= 4 is 51.8 Å². The molecule has 4 aromatic rings. The molecule has 1 aromatic heterocycles. The van der Waals surface area contributed by atoms with Crippen molar-refractivity contribution in [3.63, 3.8) is 0 Å². The van der Waals surface area contributed by atoms with E-state index in [1.165, 1.54) is 24.3 Å². The van der Waals surface area contributed by atoms with E-state index in [1.807, 2.05) is 13.8 Å². The van der Waals surface area contributed by atoms with E-state index >= 15 is 0 Å². The van der Waals surface area contributed by atoms with E-state index in [9.17, 15) is 22.8 Å². The number of benzene rings is 3. The zero-order chi connectivity index (χ0) is 29.2. The summed E-state index contributed by atoms with van der Waals surface area (Å²) < 4.78 is 45.9. The van der Waals surface area contributed by atoms with Gasteiger partial charge in [-0.3, -0.25) is 9.59 Å². The lowest BCUT2D eigenvalue weighted by Gasteiger charge is -2.22. The number of amides is 2. The SMILES string of the molecule is COC(C)(C)CNc1nc2c(C(=O)Nc3cccc(Cl)c3C)cc(NC(=O)c3ccccc3C(F)(F)F)cc2[nH]1. The number of hydrogen-bond acceptors (Lipinski definition) is 5. The molecule has 8 nitrogen and oxygen atoms in total. The first-order valence-electron chi connectivity index (χ1n) is 12.2. The van der Waals surface area contributed by atoms with E-state index in [0.29, 0.717) is 34.3 Å². The molecule has 0 aliphatic carbocycles. The van der Waals surface area contributed by atoms with Crippen LogP contribution in [0.15, 0.2) is 54.6 Å². The van der Waals surface area contributed by atoms with Crippen molar-refractivity contribution in [2.75, 3.05) is 29.6 Å². The monoisotopic (exact) mass is 573 g/mol. The third-order valence-corrected chi connectivity index (χ3v) is 6.73. The molecule has 0 unspecified atom stereocenters. The summed E-state index contributed by atoms with van der Waals surface area (Å²) in [5, 5.41) is 8.86. The first-order valence-corrected chi connectivity index (χ1v) is 12.5. The molecule has 0 saturated heterocycles. The number of aromatic amines is 1. The molecule has 0 atom stereocenters. The number of H-pyrrole nitrogens is 1. The van der Waals surface area contributed by atoms with Gasteiger partial charge < -0.3 is 25.7 Å². The van der Waals surface area contributed by atoms with Crippen LogP contribution in [0.2, 0.25) is 5.02 Å². The van der Waals surface area contributed by atoms with E-state index in [1.54, 1.807) is 32.2 Å². The maximum atomic E-state index is 13.5. The highest BCUT2D eigenvalue weighted by molar-refractivity contribution is 6.31. The van der Waals surface area contributed by atoms with Gasteiger partial charge in [0.1, 0.15) is 5.52 Å². The number of carbonyl (C=O) groups excluding carboxylic acids is 2. The first-order chi connectivity index (χ1) is 18.8. The maximum absolute atomic E-state index is 13.5. The summed E-state index contributed by atoms with van der Waals surface area (Å²) in [4.78, 5) is 34.0. The minimum Gasteiger partial charge on any atom is -0.377 e. The van der Waals surface area contributed by atoms with E-state index in [0.717, 1.165) is 12.1 Å². The third-order valence-electron chi connectivity index (χ3n) is 6.32. The summed E-state index contributed by atoms with van der Waals surface area (Å²) in [5.41, 5.74) is -0.212. The molecular formula is C28H27ClF3N5O3. The van der Waals surface area contributed by atoms with Crippen LogP contribution in [0.3, 0.4) is 0 Å². The highest BCUT2D eigenvalue weighted by Crippen LogP contribution is 2.33. The summed E-state index contributed by atoms with van der Waals surface area (Å²) >= 11 is 6.20. The molecule has 0 saturated carbocycles. The van der Waals surface area contributed by atoms with Crippen molar-refractivity contribution in [3.05, 3.63) is 81.9 Å². The fourth-order valence-corrected chi connectivity index (χ4v) is 4.05. The van der Waals surface area contributed by atoms with E-state index in [-0.39, 0.29) is 16.8 Å². The lowest BCUT2D eigenvalue weighted by atomic mass is 10.1. The van der Waals surface area contributed by atoms with E-state index in [4.69, 9.17) is 16.3 Å². The molecule has 2 amide bonds. The number of alkyl halides is 3. The average molecular weight is 574 g/mol. The van der Waals surface area contributed by atoms with Gasteiger partial charge in [-0.2, -0.15) is 13.2 Å². The molecule has 0 aliphatic rings. The number of ether oxygens (including phenoxy) is 1. The molecule has 4 rings (SSSR count). The number of carbonyl (C=O) groups is 2. The number of nitrogens with one attached hydrogen (secondary N) is 4. The second kappa shape index (κ2) is 11.2. The average Bonchev–Trinajstić information content (AvgIpc) is 3.32. The van der Waals surface area contributed by atoms with Crippen LogP contribution in [-0.4, -0.2) is 41.0 Å². The van der Waals surface area contributed by atoms with Crippen LogP contribution in [0.5, 0.6) is 0 Å². The van der Waals surface area contributed by atoms with Crippen LogP contribution in [0, 0.1) is 6.92 Å². The minimum absolute atomic E-state index is 0.0755. The number of nitrogens with zero attached hydrogens (tertiary/aromatic N) is 1. The van der Waals surface area contributed by atoms with Gasteiger partial charge in [0.25, 0.3) is 11.8 Å². The topological polar surface area (TPSA) is 108 Å². The summed E-state index contributed by atoms with van der Waals surface area (Å²) in [6.07, 6.45) is -4.72. The number of halogens is 4. The van der Waals surface area contributed by atoms with Gasteiger partial charge in [0.2, 0.25) is 5.95 Å². The van der Waals surface area contributed by atoms with E-state index in [2.05, 4.69) is 25.9 Å². The van der Waals surface area contributed by atoms with Gasteiger partial charge in [-0.1, -0.05) is 29.8 Å². The smallest absolute Gasteiger partial charge is 0.377 e. The summed E-state index contributed by atoms with van der Waals surface area (Å²) in [7, 11) is 1.58.